The van der Waals surface area contributed by atoms with Gasteiger partial charge in [-0.2, -0.15) is 0 Å². The Bertz CT molecular complexity index is 471. The molecule has 1 amide bonds. The first-order chi connectivity index (χ1) is 9.03. The lowest BCUT2D eigenvalue weighted by Gasteiger charge is -2.25. The minimum atomic E-state index is -3.07. The summed E-state index contributed by atoms with van der Waals surface area (Å²) in [6.45, 7) is -1.11. The van der Waals surface area contributed by atoms with Crippen LogP contribution in [0, 0.1) is 0 Å². The van der Waals surface area contributed by atoms with Crippen molar-refractivity contribution in [3.05, 3.63) is 29.8 Å². The van der Waals surface area contributed by atoms with Crippen LogP contribution in [-0.4, -0.2) is 31.5 Å². The number of halogens is 3. The Morgan fingerprint density at radius 3 is 2.85 bits per heavy atom. The summed E-state index contributed by atoms with van der Waals surface area (Å²) in [6, 6.07) is 7.15. The number of alkyl halides is 2. The van der Waals surface area contributed by atoms with Gasteiger partial charge in [-0.15, -0.1) is 12.4 Å². The van der Waals surface area contributed by atoms with Gasteiger partial charge in [-0.1, -0.05) is 18.2 Å². The van der Waals surface area contributed by atoms with E-state index in [2.05, 4.69) is 5.32 Å². The van der Waals surface area contributed by atoms with Crippen molar-refractivity contribution in [3.63, 3.8) is 0 Å². The van der Waals surface area contributed by atoms with Crippen molar-refractivity contribution in [1.82, 2.24) is 5.32 Å². The van der Waals surface area contributed by atoms with Gasteiger partial charge in [0.15, 0.2) is 0 Å². The van der Waals surface area contributed by atoms with E-state index in [1.807, 2.05) is 6.07 Å². The molecule has 1 aliphatic heterocycles. The number of para-hydroxylation sites is 1. The second-order valence-electron chi connectivity index (χ2n) is 4.51. The third-order valence-corrected chi connectivity index (χ3v) is 3.09. The SMILES string of the molecule is Cl.NCC(F)(F)CNC(=O)C1CCOc2ccccc21. The van der Waals surface area contributed by atoms with Gasteiger partial charge in [-0.25, -0.2) is 8.78 Å². The fourth-order valence-electron chi connectivity index (χ4n) is 2.03. The predicted molar refractivity (Wildman–Crippen MR) is 73.6 cm³/mol. The molecule has 1 heterocycles. The zero-order valence-electron chi connectivity index (χ0n) is 10.8. The van der Waals surface area contributed by atoms with E-state index in [9.17, 15) is 13.6 Å². The Hall–Kier alpha value is -1.40. The van der Waals surface area contributed by atoms with Gasteiger partial charge in [-0.05, 0) is 12.5 Å². The monoisotopic (exact) mass is 306 g/mol. The van der Waals surface area contributed by atoms with Crippen molar-refractivity contribution >= 4 is 18.3 Å². The molecular formula is C13H17ClF2N2O2. The Labute approximate surface area is 122 Å². The van der Waals surface area contributed by atoms with E-state index < -0.39 is 30.8 Å². The minimum absolute atomic E-state index is 0. The van der Waals surface area contributed by atoms with Crippen LogP contribution in [0.1, 0.15) is 17.9 Å². The Morgan fingerprint density at radius 2 is 2.15 bits per heavy atom. The fourth-order valence-corrected chi connectivity index (χ4v) is 2.03. The second-order valence-corrected chi connectivity index (χ2v) is 4.51. The molecule has 1 aliphatic rings. The number of hydrogen-bond donors (Lipinski definition) is 2. The lowest BCUT2D eigenvalue weighted by molar-refractivity contribution is -0.125. The topological polar surface area (TPSA) is 64.3 Å². The summed E-state index contributed by atoms with van der Waals surface area (Å²) in [5, 5.41) is 2.26. The highest BCUT2D eigenvalue weighted by Gasteiger charge is 2.31. The van der Waals surface area contributed by atoms with Crippen LogP contribution in [0.2, 0.25) is 0 Å². The number of carbonyl (C=O) groups excluding carboxylic acids is 1. The van der Waals surface area contributed by atoms with Gasteiger partial charge in [0.1, 0.15) is 5.75 Å². The maximum absolute atomic E-state index is 13.0. The largest absolute Gasteiger partial charge is 0.493 e. The van der Waals surface area contributed by atoms with E-state index in [1.54, 1.807) is 18.2 Å². The predicted octanol–water partition coefficient (Wildman–Crippen LogP) is 1.68. The van der Waals surface area contributed by atoms with Crippen LogP contribution in [0.4, 0.5) is 8.78 Å². The number of amides is 1. The zero-order valence-corrected chi connectivity index (χ0v) is 11.6. The highest BCUT2D eigenvalue weighted by Crippen LogP contribution is 2.33. The molecule has 20 heavy (non-hydrogen) atoms. The molecule has 0 bridgehead atoms. The second kappa shape index (κ2) is 6.85. The summed E-state index contributed by atoms with van der Waals surface area (Å²) < 4.78 is 31.4. The van der Waals surface area contributed by atoms with E-state index in [0.717, 1.165) is 5.56 Å². The molecular weight excluding hydrogens is 290 g/mol. The smallest absolute Gasteiger partial charge is 0.277 e. The molecule has 1 unspecified atom stereocenters. The average molecular weight is 307 g/mol. The number of carbonyl (C=O) groups is 1. The van der Waals surface area contributed by atoms with Crippen molar-refractivity contribution in [2.75, 3.05) is 19.7 Å². The van der Waals surface area contributed by atoms with E-state index in [1.165, 1.54) is 0 Å². The third kappa shape index (κ3) is 3.80. The molecule has 3 N–H and O–H groups in total. The molecule has 2 rings (SSSR count). The van der Waals surface area contributed by atoms with Gasteiger partial charge in [0, 0.05) is 5.56 Å². The lowest BCUT2D eigenvalue weighted by Crippen LogP contribution is -2.43. The summed E-state index contributed by atoms with van der Waals surface area (Å²) in [5.74, 6) is -3.29. The minimum Gasteiger partial charge on any atom is -0.493 e. The number of benzene rings is 1. The summed E-state index contributed by atoms with van der Waals surface area (Å²) >= 11 is 0. The van der Waals surface area contributed by atoms with Crippen molar-refractivity contribution in [3.8, 4) is 5.75 Å². The molecule has 0 radical (unpaired) electrons. The number of ether oxygens (including phenoxy) is 1. The van der Waals surface area contributed by atoms with Crippen LogP contribution < -0.4 is 15.8 Å². The maximum atomic E-state index is 13.0. The maximum Gasteiger partial charge on any atom is 0.277 e. The van der Waals surface area contributed by atoms with Gasteiger partial charge >= 0.3 is 0 Å². The number of fused-ring (bicyclic) bond motifs is 1. The van der Waals surface area contributed by atoms with Crippen LogP contribution in [0.25, 0.3) is 0 Å². The molecule has 1 aromatic rings. The van der Waals surface area contributed by atoms with Crippen molar-refractivity contribution < 1.29 is 18.3 Å². The number of hydrogen-bond acceptors (Lipinski definition) is 3. The first kappa shape index (κ1) is 16.7. The first-order valence-corrected chi connectivity index (χ1v) is 6.11. The molecule has 112 valence electrons. The molecule has 1 atom stereocenters. The third-order valence-electron chi connectivity index (χ3n) is 3.09. The van der Waals surface area contributed by atoms with Gasteiger partial charge in [0.25, 0.3) is 5.92 Å². The highest BCUT2D eigenvalue weighted by atomic mass is 35.5. The van der Waals surface area contributed by atoms with E-state index in [-0.39, 0.29) is 12.4 Å². The normalized spacial score (nSPS) is 17.4. The number of rotatable bonds is 4. The van der Waals surface area contributed by atoms with Gasteiger partial charge in [-0.3, -0.25) is 4.79 Å². The average Bonchev–Trinajstić information content (AvgIpc) is 2.44. The Morgan fingerprint density at radius 1 is 1.45 bits per heavy atom. The van der Waals surface area contributed by atoms with Crippen molar-refractivity contribution in [2.45, 2.75) is 18.3 Å². The summed E-state index contributed by atoms with van der Waals surface area (Å²) in [4.78, 5) is 12.0. The molecule has 7 heteroatoms. The lowest BCUT2D eigenvalue weighted by atomic mass is 9.92. The molecule has 0 aliphatic carbocycles. The summed E-state index contributed by atoms with van der Waals surface area (Å²) in [7, 11) is 0. The fraction of sp³-hybridized carbons (Fsp3) is 0.462. The van der Waals surface area contributed by atoms with Gasteiger partial charge in [0.05, 0.1) is 25.6 Å². The Balaban J connectivity index is 0.00000200. The Kier molecular flexibility index (Phi) is 5.71. The van der Waals surface area contributed by atoms with Crippen LogP contribution in [0.5, 0.6) is 5.75 Å². The zero-order chi connectivity index (χ0) is 13.9. The van der Waals surface area contributed by atoms with Gasteiger partial charge in [0.2, 0.25) is 5.91 Å². The van der Waals surface area contributed by atoms with E-state index in [0.29, 0.717) is 18.8 Å². The molecule has 1 aromatic carbocycles. The van der Waals surface area contributed by atoms with Crippen molar-refractivity contribution in [2.24, 2.45) is 5.73 Å². The highest BCUT2D eigenvalue weighted by molar-refractivity contribution is 5.85. The van der Waals surface area contributed by atoms with Crippen LogP contribution in [0.15, 0.2) is 24.3 Å². The first-order valence-electron chi connectivity index (χ1n) is 6.11. The van der Waals surface area contributed by atoms with Crippen LogP contribution in [-0.2, 0) is 4.79 Å². The van der Waals surface area contributed by atoms with E-state index in [4.69, 9.17) is 10.5 Å². The molecule has 0 saturated heterocycles. The van der Waals surface area contributed by atoms with Crippen LogP contribution in [0.3, 0.4) is 0 Å². The molecule has 0 spiro atoms. The standard InChI is InChI=1S/C13H16F2N2O2.ClH/c14-13(15,7-16)8-17-12(18)10-5-6-19-11-4-2-1-3-9(10)11;/h1-4,10H,5-8,16H2,(H,17,18);1H. The summed E-state index contributed by atoms with van der Waals surface area (Å²) in [6.07, 6.45) is 0.483. The number of nitrogens with one attached hydrogen (secondary N) is 1. The number of nitrogens with two attached hydrogens (primary N) is 1. The molecule has 0 aromatic heterocycles. The molecule has 0 fully saturated rings. The quantitative estimate of drug-likeness (QED) is 0.889. The molecule has 4 nitrogen and oxygen atoms in total. The summed E-state index contributed by atoms with van der Waals surface area (Å²) in [5.41, 5.74) is 5.66. The van der Waals surface area contributed by atoms with Gasteiger partial charge < -0.3 is 15.8 Å². The van der Waals surface area contributed by atoms with Crippen molar-refractivity contribution in [1.29, 1.82) is 0 Å². The van der Waals surface area contributed by atoms with E-state index >= 15 is 0 Å². The molecule has 0 saturated carbocycles. The van der Waals surface area contributed by atoms with Crippen LogP contribution >= 0.6 is 12.4 Å².